The molecule has 1 N–H and O–H groups in total. The molecule has 1 aromatic heterocycles. The van der Waals surface area contributed by atoms with Crippen LogP contribution in [0.2, 0.25) is 5.15 Å². The first-order valence-electron chi connectivity index (χ1n) is 6.58. The van der Waals surface area contributed by atoms with E-state index in [0.29, 0.717) is 22.2 Å². The van der Waals surface area contributed by atoms with E-state index in [1.165, 1.54) is 6.92 Å². The number of carbonyl (C=O) groups excluding carboxylic acids is 1. The highest BCUT2D eigenvalue weighted by molar-refractivity contribution is 6.29. The Kier molecular flexibility index (Phi) is 5.01. The van der Waals surface area contributed by atoms with Crippen LogP contribution in [0.5, 0.6) is 0 Å². The number of rotatable bonds is 4. The molecule has 0 aliphatic rings. The molecule has 0 saturated carbocycles. The van der Waals surface area contributed by atoms with Gasteiger partial charge in [0.25, 0.3) is 5.95 Å². The number of aliphatic imine (C=N–C) groups is 1. The van der Waals surface area contributed by atoms with Crippen molar-refractivity contribution in [2.75, 3.05) is 5.32 Å². The van der Waals surface area contributed by atoms with E-state index >= 15 is 0 Å². The van der Waals surface area contributed by atoms with Gasteiger partial charge in [-0.15, -0.1) is 0 Å². The van der Waals surface area contributed by atoms with Crippen LogP contribution in [-0.4, -0.2) is 21.6 Å². The van der Waals surface area contributed by atoms with Gasteiger partial charge in [-0.1, -0.05) is 30.3 Å². The Bertz CT molecular complexity index is 756. The topological polar surface area (TPSA) is 67.2 Å². The van der Waals surface area contributed by atoms with Gasteiger partial charge in [-0.2, -0.15) is 4.98 Å². The van der Waals surface area contributed by atoms with E-state index in [-0.39, 0.29) is 11.9 Å². The zero-order chi connectivity index (χ0) is 16.1. The molecule has 6 heteroatoms. The van der Waals surface area contributed by atoms with E-state index in [9.17, 15) is 4.79 Å². The van der Waals surface area contributed by atoms with Gasteiger partial charge in [0.15, 0.2) is 0 Å². The molecule has 0 aliphatic carbocycles. The van der Waals surface area contributed by atoms with Crippen molar-refractivity contribution in [3.05, 3.63) is 48.1 Å². The van der Waals surface area contributed by atoms with Crippen molar-refractivity contribution in [2.45, 2.75) is 13.8 Å². The fraction of sp³-hybridized carbons (Fsp3) is 0.125. The van der Waals surface area contributed by atoms with Gasteiger partial charge in [-0.05, 0) is 25.1 Å². The van der Waals surface area contributed by atoms with Gasteiger partial charge >= 0.3 is 0 Å². The van der Waals surface area contributed by atoms with Gasteiger partial charge < -0.3 is 5.32 Å². The summed E-state index contributed by atoms with van der Waals surface area (Å²) in [5.74, 6) is 0.134. The Labute approximate surface area is 133 Å². The van der Waals surface area contributed by atoms with E-state index in [1.54, 1.807) is 25.1 Å². The van der Waals surface area contributed by atoms with E-state index in [4.69, 9.17) is 11.6 Å². The molecule has 112 valence electrons. The number of nitrogens with one attached hydrogen (secondary N) is 1. The molecule has 1 heterocycles. The Morgan fingerprint density at radius 1 is 1.32 bits per heavy atom. The average molecular weight is 315 g/mol. The Balaban J connectivity index is 2.44. The molecule has 0 unspecified atom stereocenters. The van der Waals surface area contributed by atoms with Crippen LogP contribution in [0.1, 0.15) is 13.8 Å². The second kappa shape index (κ2) is 6.95. The van der Waals surface area contributed by atoms with E-state index in [0.717, 1.165) is 5.56 Å². The summed E-state index contributed by atoms with van der Waals surface area (Å²) < 4.78 is 0. The van der Waals surface area contributed by atoms with Gasteiger partial charge in [-0.25, -0.2) is 9.98 Å². The predicted octanol–water partition coefficient (Wildman–Crippen LogP) is 4.03. The number of benzene rings is 1. The number of halogens is 1. The fourth-order valence-corrected chi connectivity index (χ4v) is 1.95. The third-order valence-corrected chi connectivity index (χ3v) is 2.93. The molecule has 0 fully saturated rings. The highest BCUT2D eigenvalue weighted by Gasteiger charge is 2.06. The Hall–Kier alpha value is -2.53. The summed E-state index contributed by atoms with van der Waals surface area (Å²) in [7, 11) is 0. The second-order valence-corrected chi connectivity index (χ2v) is 4.98. The summed E-state index contributed by atoms with van der Waals surface area (Å²) in [5.41, 5.74) is 2.82. The quantitative estimate of drug-likeness (QED) is 0.684. The average Bonchev–Trinajstić information content (AvgIpc) is 2.46. The van der Waals surface area contributed by atoms with Crippen LogP contribution in [0.3, 0.4) is 0 Å². The number of allylic oxidation sites excluding steroid dienone is 1. The minimum atomic E-state index is -0.134. The molecule has 0 spiro atoms. The maximum absolute atomic E-state index is 11.1. The molecule has 0 bridgehead atoms. The molecule has 1 amide bonds. The van der Waals surface area contributed by atoms with Crippen LogP contribution in [0, 0.1) is 0 Å². The molecule has 2 aromatic rings. The van der Waals surface area contributed by atoms with E-state index in [1.807, 2.05) is 18.2 Å². The first kappa shape index (κ1) is 15.9. The summed E-state index contributed by atoms with van der Waals surface area (Å²) in [5, 5.41) is 3.03. The summed E-state index contributed by atoms with van der Waals surface area (Å²) in [6.07, 6.45) is 1.61. The third-order valence-electron chi connectivity index (χ3n) is 2.73. The molecule has 22 heavy (non-hydrogen) atoms. The van der Waals surface area contributed by atoms with Crippen molar-refractivity contribution in [3.8, 4) is 11.3 Å². The molecule has 5 nitrogen and oxygen atoms in total. The van der Waals surface area contributed by atoms with Crippen LogP contribution >= 0.6 is 11.6 Å². The maximum Gasteiger partial charge on any atom is 0.251 e. The Morgan fingerprint density at radius 3 is 2.77 bits per heavy atom. The standard InChI is InChI=1S/C16H15ClN4O/c1-4-10(2)18-16-20-14(9-15(17)21-16)12-6-5-7-13(8-12)19-11(3)22/h4-9H,1H2,2-3H3,(H,19,22). The molecule has 2 rings (SSSR count). The summed E-state index contributed by atoms with van der Waals surface area (Å²) in [4.78, 5) is 23.8. The highest BCUT2D eigenvalue weighted by Crippen LogP contribution is 2.25. The Morgan fingerprint density at radius 2 is 2.09 bits per heavy atom. The predicted molar refractivity (Wildman–Crippen MR) is 89.7 cm³/mol. The van der Waals surface area contributed by atoms with Gasteiger partial charge in [0, 0.05) is 30.0 Å². The van der Waals surface area contributed by atoms with Gasteiger partial charge in [0.1, 0.15) is 5.15 Å². The third kappa shape index (κ3) is 4.23. The lowest BCUT2D eigenvalue weighted by atomic mass is 10.1. The fourth-order valence-electron chi connectivity index (χ4n) is 1.77. The van der Waals surface area contributed by atoms with Crippen LogP contribution in [-0.2, 0) is 4.79 Å². The minimum Gasteiger partial charge on any atom is -0.326 e. The minimum absolute atomic E-state index is 0.134. The van der Waals surface area contributed by atoms with Crippen LogP contribution < -0.4 is 5.32 Å². The maximum atomic E-state index is 11.1. The number of anilines is 1. The number of nitrogens with zero attached hydrogens (tertiary/aromatic N) is 3. The summed E-state index contributed by atoms with van der Waals surface area (Å²) >= 11 is 6.03. The SMILES string of the molecule is C=CC(C)=Nc1nc(Cl)cc(-c2cccc(NC(C)=O)c2)n1. The first-order chi connectivity index (χ1) is 10.5. The number of hydrogen-bond donors (Lipinski definition) is 1. The smallest absolute Gasteiger partial charge is 0.251 e. The summed E-state index contributed by atoms with van der Waals surface area (Å²) in [6, 6.07) is 8.96. The lowest BCUT2D eigenvalue weighted by Crippen LogP contribution is -2.05. The van der Waals surface area contributed by atoms with E-state index in [2.05, 4.69) is 26.9 Å². The molecular weight excluding hydrogens is 300 g/mol. The van der Waals surface area contributed by atoms with Crippen molar-refractivity contribution in [2.24, 2.45) is 4.99 Å². The molecule has 0 atom stereocenters. The molecular formula is C16H15ClN4O. The van der Waals surface area contributed by atoms with E-state index < -0.39 is 0 Å². The zero-order valence-electron chi connectivity index (χ0n) is 12.3. The molecule has 0 aliphatic heterocycles. The monoisotopic (exact) mass is 314 g/mol. The number of hydrogen-bond acceptors (Lipinski definition) is 4. The molecule has 0 radical (unpaired) electrons. The van der Waals surface area contributed by atoms with Crippen molar-refractivity contribution >= 4 is 34.9 Å². The van der Waals surface area contributed by atoms with Gasteiger partial charge in [-0.3, -0.25) is 4.79 Å². The largest absolute Gasteiger partial charge is 0.326 e. The van der Waals surface area contributed by atoms with Gasteiger partial charge in [0.05, 0.1) is 5.69 Å². The van der Waals surface area contributed by atoms with Crippen LogP contribution in [0.25, 0.3) is 11.3 Å². The van der Waals surface area contributed by atoms with Crippen molar-refractivity contribution < 1.29 is 4.79 Å². The van der Waals surface area contributed by atoms with Crippen molar-refractivity contribution in [1.29, 1.82) is 0 Å². The zero-order valence-corrected chi connectivity index (χ0v) is 13.1. The van der Waals surface area contributed by atoms with Crippen molar-refractivity contribution in [3.63, 3.8) is 0 Å². The lowest BCUT2D eigenvalue weighted by molar-refractivity contribution is -0.114. The number of aromatic nitrogens is 2. The first-order valence-corrected chi connectivity index (χ1v) is 6.96. The van der Waals surface area contributed by atoms with Crippen LogP contribution in [0.4, 0.5) is 11.6 Å². The molecule has 1 aromatic carbocycles. The number of amides is 1. The number of carbonyl (C=O) groups is 1. The highest BCUT2D eigenvalue weighted by atomic mass is 35.5. The lowest BCUT2D eigenvalue weighted by Gasteiger charge is -2.06. The van der Waals surface area contributed by atoms with Crippen molar-refractivity contribution in [1.82, 2.24) is 9.97 Å². The van der Waals surface area contributed by atoms with Gasteiger partial charge in [0.2, 0.25) is 5.91 Å². The second-order valence-electron chi connectivity index (χ2n) is 4.60. The summed E-state index contributed by atoms with van der Waals surface area (Å²) in [6.45, 7) is 6.90. The van der Waals surface area contributed by atoms with Crippen LogP contribution in [0.15, 0.2) is 48.0 Å². The normalized spacial score (nSPS) is 11.1. The molecule has 0 saturated heterocycles.